The third kappa shape index (κ3) is 4.76. The van der Waals surface area contributed by atoms with Gasteiger partial charge in [0.2, 0.25) is 0 Å². The number of alkyl carbamates (subject to hydrolysis) is 1. The Labute approximate surface area is 152 Å². The zero-order chi connectivity index (χ0) is 19.1. The van der Waals surface area contributed by atoms with E-state index in [1.165, 1.54) is 0 Å². The van der Waals surface area contributed by atoms with Gasteiger partial charge in [-0.25, -0.2) is 9.69 Å². The van der Waals surface area contributed by atoms with Gasteiger partial charge >= 0.3 is 6.09 Å². The van der Waals surface area contributed by atoms with Gasteiger partial charge in [-0.1, -0.05) is 32.0 Å². The number of rotatable bonds is 7. The highest BCUT2D eigenvalue weighted by Crippen LogP contribution is 2.19. The van der Waals surface area contributed by atoms with Gasteiger partial charge in [0.05, 0.1) is 6.61 Å². The van der Waals surface area contributed by atoms with Crippen molar-refractivity contribution in [1.82, 2.24) is 15.2 Å². The molecule has 7 heteroatoms. The molecule has 2 N–H and O–H groups in total. The molecule has 0 saturated heterocycles. The third-order valence-corrected chi connectivity index (χ3v) is 3.94. The number of nitriles is 1. The Morgan fingerprint density at radius 3 is 2.73 bits per heavy atom. The quantitative estimate of drug-likeness (QED) is 0.589. The molecule has 2 rings (SSSR count). The van der Waals surface area contributed by atoms with Crippen LogP contribution in [0.2, 0.25) is 0 Å². The first-order valence-corrected chi connectivity index (χ1v) is 8.65. The van der Waals surface area contributed by atoms with Crippen LogP contribution in [0.25, 0.3) is 10.9 Å². The molecule has 0 radical (unpaired) electrons. The molecule has 138 valence electrons. The number of aromatic nitrogens is 1. The summed E-state index contributed by atoms with van der Waals surface area (Å²) in [5, 5.41) is 12.7. The van der Waals surface area contributed by atoms with Crippen molar-refractivity contribution in [1.29, 1.82) is 5.26 Å². The van der Waals surface area contributed by atoms with E-state index in [-0.39, 0.29) is 25.5 Å². The molecule has 0 fully saturated rings. The van der Waals surface area contributed by atoms with Gasteiger partial charge in [-0.15, -0.1) is 0 Å². The molecule has 0 aliphatic rings. The van der Waals surface area contributed by atoms with E-state index in [1.54, 1.807) is 6.92 Å². The molecule has 0 bridgehead atoms. The minimum Gasteiger partial charge on any atom is -0.449 e. The lowest BCUT2D eigenvalue weighted by molar-refractivity contribution is -0.130. The smallest absolute Gasteiger partial charge is 0.407 e. The molecular weight excluding hydrogens is 332 g/mol. The summed E-state index contributed by atoms with van der Waals surface area (Å²) in [6, 6.07) is 6.83. The minimum absolute atomic E-state index is 0.190. The molecule has 0 saturated carbocycles. The van der Waals surface area contributed by atoms with Crippen molar-refractivity contribution >= 4 is 22.9 Å². The van der Waals surface area contributed by atoms with Crippen LogP contribution in [0.1, 0.15) is 26.3 Å². The average molecular weight is 356 g/mol. The van der Waals surface area contributed by atoms with Crippen LogP contribution in [0.5, 0.6) is 0 Å². The monoisotopic (exact) mass is 356 g/mol. The molecule has 2 aromatic rings. The average Bonchev–Trinajstić information content (AvgIpc) is 3.03. The van der Waals surface area contributed by atoms with Gasteiger partial charge in [0.15, 0.2) is 6.19 Å². The highest BCUT2D eigenvalue weighted by molar-refractivity contribution is 5.89. The molecule has 1 aromatic carbocycles. The van der Waals surface area contributed by atoms with E-state index in [9.17, 15) is 9.59 Å². The normalized spacial score (nSPS) is 11.8. The minimum atomic E-state index is -0.881. The Kier molecular flexibility index (Phi) is 6.61. The van der Waals surface area contributed by atoms with Crippen molar-refractivity contribution < 1.29 is 14.3 Å². The van der Waals surface area contributed by atoms with Gasteiger partial charge < -0.3 is 15.0 Å². The second-order valence-corrected chi connectivity index (χ2v) is 6.44. The summed E-state index contributed by atoms with van der Waals surface area (Å²) in [6.07, 6.45) is 3.27. The van der Waals surface area contributed by atoms with Crippen LogP contribution < -0.4 is 5.32 Å². The largest absolute Gasteiger partial charge is 0.449 e. The number of nitrogens with zero attached hydrogens (tertiary/aromatic N) is 2. The summed E-state index contributed by atoms with van der Waals surface area (Å²) in [7, 11) is 0. The fourth-order valence-electron chi connectivity index (χ4n) is 2.61. The van der Waals surface area contributed by atoms with Crippen LogP contribution in [0.4, 0.5) is 4.79 Å². The topological polar surface area (TPSA) is 98.2 Å². The standard InChI is InChI=1S/C19H24N4O3/c1-4-23(12-20)18(24)17(22-19(25)26-11-13(2)3)9-14-10-21-16-8-6-5-7-15(14)16/h5-8,10,13,17,21H,4,9,11H2,1-3H3,(H,22,25). The number of hydrogen-bond donors (Lipinski definition) is 2. The number of benzene rings is 1. The predicted molar refractivity (Wildman–Crippen MR) is 98.1 cm³/mol. The molecular formula is C19H24N4O3. The number of likely N-dealkylation sites (N-methyl/N-ethyl adjacent to an activating group) is 1. The lowest BCUT2D eigenvalue weighted by Gasteiger charge is -2.21. The molecule has 1 unspecified atom stereocenters. The van der Waals surface area contributed by atoms with E-state index in [1.807, 2.05) is 50.5 Å². The molecule has 7 nitrogen and oxygen atoms in total. The third-order valence-electron chi connectivity index (χ3n) is 3.94. The highest BCUT2D eigenvalue weighted by atomic mass is 16.5. The Bertz CT molecular complexity index is 806. The van der Waals surface area contributed by atoms with E-state index in [0.29, 0.717) is 0 Å². The highest BCUT2D eigenvalue weighted by Gasteiger charge is 2.27. The van der Waals surface area contributed by atoms with E-state index in [0.717, 1.165) is 21.4 Å². The van der Waals surface area contributed by atoms with Crippen molar-refractivity contribution in [2.45, 2.75) is 33.2 Å². The fourth-order valence-corrected chi connectivity index (χ4v) is 2.61. The van der Waals surface area contributed by atoms with Gasteiger partial charge in [-0.3, -0.25) is 4.79 Å². The van der Waals surface area contributed by atoms with Crippen LogP contribution in [0, 0.1) is 17.4 Å². The first-order valence-electron chi connectivity index (χ1n) is 8.65. The number of ether oxygens (including phenoxy) is 1. The fraction of sp³-hybridized carbons (Fsp3) is 0.421. The predicted octanol–water partition coefficient (Wildman–Crippen LogP) is 2.79. The Hall–Kier alpha value is -3.01. The number of hydrogen-bond acceptors (Lipinski definition) is 4. The van der Waals surface area contributed by atoms with Crippen molar-refractivity contribution in [3.8, 4) is 6.19 Å². The molecule has 2 amide bonds. The Morgan fingerprint density at radius 2 is 2.08 bits per heavy atom. The van der Waals surface area contributed by atoms with Crippen LogP contribution in [0.15, 0.2) is 30.5 Å². The van der Waals surface area contributed by atoms with E-state index >= 15 is 0 Å². The zero-order valence-electron chi connectivity index (χ0n) is 15.3. The van der Waals surface area contributed by atoms with E-state index in [4.69, 9.17) is 10.00 Å². The van der Waals surface area contributed by atoms with Crippen molar-refractivity contribution in [3.63, 3.8) is 0 Å². The number of H-pyrrole nitrogens is 1. The summed E-state index contributed by atoms with van der Waals surface area (Å²) in [4.78, 5) is 28.9. The maximum Gasteiger partial charge on any atom is 0.407 e. The zero-order valence-corrected chi connectivity index (χ0v) is 15.3. The second-order valence-electron chi connectivity index (χ2n) is 6.44. The summed E-state index contributed by atoms with van der Waals surface area (Å²) in [5.41, 5.74) is 1.83. The molecule has 1 heterocycles. The molecule has 0 aliphatic carbocycles. The maximum atomic E-state index is 12.7. The van der Waals surface area contributed by atoms with Gasteiger partial charge in [0.1, 0.15) is 6.04 Å². The van der Waals surface area contributed by atoms with Crippen LogP contribution >= 0.6 is 0 Å². The molecule has 0 spiro atoms. The number of nitrogens with one attached hydrogen (secondary N) is 2. The molecule has 0 aliphatic heterocycles. The van der Waals surface area contributed by atoms with Crippen LogP contribution in [0.3, 0.4) is 0 Å². The lowest BCUT2D eigenvalue weighted by atomic mass is 10.0. The summed E-state index contributed by atoms with van der Waals surface area (Å²) in [6.45, 7) is 6.06. The van der Waals surface area contributed by atoms with Crippen molar-refractivity contribution in [2.24, 2.45) is 5.92 Å². The molecule has 1 aromatic heterocycles. The Balaban J connectivity index is 2.21. The summed E-state index contributed by atoms with van der Waals surface area (Å²) >= 11 is 0. The van der Waals surface area contributed by atoms with Crippen molar-refractivity contribution in [3.05, 3.63) is 36.0 Å². The maximum absolute atomic E-state index is 12.7. The number of carbonyl (C=O) groups excluding carboxylic acids is 2. The first kappa shape index (κ1) is 19.3. The summed E-state index contributed by atoms with van der Waals surface area (Å²) < 4.78 is 5.13. The number of fused-ring (bicyclic) bond motifs is 1. The second kappa shape index (κ2) is 8.90. The van der Waals surface area contributed by atoms with Gasteiger partial charge in [-0.2, -0.15) is 5.26 Å². The number of aromatic amines is 1. The van der Waals surface area contributed by atoms with Crippen molar-refractivity contribution in [2.75, 3.05) is 13.2 Å². The molecule has 26 heavy (non-hydrogen) atoms. The van der Waals surface area contributed by atoms with Gasteiger partial charge in [-0.05, 0) is 24.5 Å². The Morgan fingerprint density at radius 1 is 1.35 bits per heavy atom. The van der Waals surface area contributed by atoms with Gasteiger partial charge in [0.25, 0.3) is 5.91 Å². The number of para-hydroxylation sites is 1. The molecule has 1 atom stereocenters. The lowest BCUT2D eigenvalue weighted by Crippen LogP contribution is -2.48. The van der Waals surface area contributed by atoms with Gasteiger partial charge in [0, 0.05) is 30.1 Å². The van der Waals surface area contributed by atoms with Crippen LogP contribution in [-0.2, 0) is 16.0 Å². The van der Waals surface area contributed by atoms with Crippen LogP contribution in [-0.4, -0.2) is 41.1 Å². The summed E-state index contributed by atoms with van der Waals surface area (Å²) in [5.74, 6) is -0.267. The van der Waals surface area contributed by atoms with E-state index < -0.39 is 18.0 Å². The van der Waals surface area contributed by atoms with E-state index in [2.05, 4.69) is 10.3 Å². The first-order chi connectivity index (χ1) is 12.5. The number of amides is 2. The number of carbonyl (C=O) groups is 2. The SMILES string of the molecule is CCN(C#N)C(=O)C(Cc1c[nH]c2ccccc12)NC(=O)OCC(C)C.